The fourth-order valence-electron chi connectivity index (χ4n) is 5.39. The Morgan fingerprint density at radius 3 is 2.14 bits per heavy atom. The van der Waals surface area contributed by atoms with Gasteiger partial charge < -0.3 is 10.2 Å². The van der Waals surface area contributed by atoms with Crippen LogP contribution in [0.4, 0.5) is 5.69 Å². The lowest BCUT2D eigenvalue weighted by molar-refractivity contribution is -0.140. The van der Waals surface area contributed by atoms with Gasteiger partial charge in [0.1, 0.15) is 12.6 Å². The maximum absolute atomic E-state index is 14.3. The summed E-state index contributed by atoms with van der Waals surface area (Å²) in [6.07, 6.45) is 5.34. The lowest BCUT2D eigenvalue weighted by Gasteiger charge is -2.35. The summed E-state index contributed by atoms with van der Waals surface area (Å²) in [5.41, 5.74) is 1.56. The topological polar surface area (TPSA) is 86.8 Å². The van der Waals surface area contributed by atoms with Gasteiger partial charge in [0.2, 0.25) is 11.8 Å². The van der Waals surface area contributed by atoms with E-state index >= 15 is 0 Å². The van der Waals surface area contributed by atoms with E-state index in [0.717, 1.165) is 36.4 Å². The third-order valence-corrected chi connectivity index (χ3v) is 10.2. The number of benzene rings is 3. The molecule has 1 N–H and O–H groups in total. The largest absolute Gasteiger partial charge is 0.352 e. The Kier molecular flexibility index (Phi) is 10.9. The number of para-hydroxylation sites is 1. The number of rotatable bonds is 11. The molecule has 2 amide bonds. The first kappa shape index (κ1) is 31.9. The molecule has 0 aromatic heterocycles. The van der Waals surface area contributed by atoms with Gasteiger partial charge in [-0.3, -0.25) is 13.9 Å². The van der Waals surface area contributed by atoms with Crippen molar-refractivity contribution in [1.29, 1.82) is 0 Å². The van der Waals surface area contributed by atoms with E-state index < -0.39 is 28.5 Å². The number of hydrogen-bond donors (Lipinski definition) is 1. The first-order chi connectivity index (χ1) is 20.1. The van der Waals surface area contributed by atoms with Crippen LogP contribution in [0.1, 0.15) is 56.6 Å². The van der Waals surface area contributed by atoms with E-state index in [4.69, 9.17) is 23.2 Å². The smallest absolute Gasteiger partial charge is 0.264 e. The molecule has 3 aromatic carbocycles. The van der Waals surface area contributed by atoms with Gasteiger partial charge in [0.05, 0.1) is 10.6 Å². The zero-order valence-corrected chi connectivity index (χ0v) is 26.3. The van der Waals surface area contributed by atoms with Crippen molar-refractivity contribution in [2.75, 3.05) is 10.8 Å². The summed E-state index contributed by atoms with van der Waals surface area (Å²) in [6.45, 7) is 3.05. The number of carbonyl (C=O) groups is 2. The molecule has 1 aliphatic carbocycles. The van der Waals surface area contributed by atoms with Crippen molar-refractivity contribution in [3.8, 4) is 0 Å². The van der Waals surface area contributed by atoms with Crippen LogP contribution >= 0.6 is 23.2 Å². The number of carbonyl (C=O) groups excluding carboxylic acids is 2. The van der Waals surface area contributed by atoms with Gasteiger partial charge in [-0.25, -0.2) is 8.42 Å². The van der Waals surface area contributed by atoms with Crippen molar-refractivity contribution in [3.63, 3.8) is 0 Å². The van der Waals surface area contributed by atoms with Gasteiger partial charge in [-0.2, -0.15) is 0 Å². The van der Waals surface area contributed by atoms with E-state index in [9.17, 15) is 18.0 Å². The van der Waals surface area contributed by atoms with E-state index in [1.54, 1.807) is 61.5 Å². The summed E-state index contributed by atoms with van der Waals surface area (Å²) in [7, 11) is -4.14. The third-order valence-electron chi connectivity index (χ3n) is 7.72. The lowest BCUT2D eigenvalue weighted by Crippen LogP contribution is -2.54. The normalized spacial score (nSPS) is 14.7. The van der Waals surface area contributed by atoms with Crippen molar-refractivity contribution in [3.05, 3.63) is 94.0 Å². The van der Waals surface area contributed by atoms with Crippen LogP contribution in [0.3, 0.4) is 0 Å². The molecular weight excluding hydrogens is 593 g/mol. The fourth-order valence-corrected chi connectivity index (χ4v) is 7.41. The first-order valence-electron chi connectivity index (χ1n) is 14.3. The van der Waals surface area contributed by atoms with Crippen molar-refractivity contribution in [2.24, 2.45) is 0 Å². The molecule has 42 heavy (non-hydrogen) atoms. The van der Waals surface area contributed by atoms with E-state index in [-0.39, 0.29) is 23.4 Å². The van der Waals surface area contributed by atoms with E-state index in [2.05, 4.69) is 5.32 Å². The molecule has 0 spiro atoms. The van der Waals surface area contributed by atoms with Gasteiger partial charge in [-0.15, -0.1) is 0 Å². The van der Waals surface area contributed by atoms with E-state index in [0.29, 0.717) is 33.3 Å². The molecule has 10 heteroatoms. The number of anilines is 1. The quantitative estimate of drug-likeness (QED) is 0.254. The summed E-state index contributed by atoms with van der Waals surface area (Å²) in [6, 6.07) is 19.3. The summed E-state index contributed by atoms with van der Waals surface area (Å²) in [5, 5.41) is 3.85. The highest BCUT2D eigenvalue weighted by Crippen LogP contribution is 2.30. The van der Waals surface area contributed by atoms with E-state index in [1.165, 1.54) is 17.0 Å². The molecular formula is C32H37Cl2N3O4S. The number of halogens is 2. The molecule has 0 aliphatic heterocycles. The standard InChI is InChI=1S/C32H37Cl2N3O4S/c1-3-29(32(39)35-24-14-6-4-7-15-24)36(21-26-27(33)18-12-19-28(26)34)31(38)22-37(30-20-11-10-13-23(30)2)42(40,41)25-16-8-5-9-17-25/h5,8-13,16-20,24,29H,3-4,6-7,14-15,21-22H2,1-2H3,(H,35,39)/t29-/m0/s1. The molecule has 0 saturated heterocycles. The number of hydrogen-bond acceptors (Lipinski definition) is 4. The Morgan fingerprint density at radius 1 is 0.905 bits per heavy atom. The van der Waals surface area contributed by atoms with E-state index in [1.807, 2.05) is 13.0 Å². The fraction of sp³-hybridized carbons (Fsp3) is 0.375. The Balaban J connectivity index is 1.74. The Morgan fingerprint density at radius 2 is 1.52 bits per heavy atom. The molecule has 1 aliphatic rings. The minimum atomic E-state index is -4.14. The average molecular weight is 631 g/mol. The van der Waals surface area contributed by atoms with Crippen molar-refractivity contribution in [1.82, 2.24) is 10.2 Å². The molecule has 3 aromatic rings. The van der Waals surface area contributed by atoms with Crippen molar-refractivity contribution >= 4 is 50.7 Å². The maximum Gasteiger partial charge on any atom is 0.264 e. The molecule has 1 fully saturated rings. The number of nitrogens with one attached hydrogen (secondary N) is 1. The second-order valence-corrected chi connectivity index (χ2v) is 13.3. The van der Waals surface area contributed by atoms with Crippen LogP contribution in [0.2, 0.25) is 10.0 Å². The predicted octanol–water partition coefficient (Wildman–Crippen LogP) is 6.75. The lowest BCUT2D eigenvalue weighted by atomic mass is 9.95. The second-order valence-electron chi connectivity index (χ2n) is 10.6. The van der Waals surface area contributed by atoms with Crippen LogP contribution in [-0.4, -0.2) is 43.8 Å². The summed E-state index contributed by atoms with van der Waals surface area (Å²) in [5.74, 6) is -0.811. The highest BCUT2D eigenvalue weighted by Gasteiger charge is 2.35. The van der Waals surface area contributed by atoms with Crippen LogP contribution in [0.25, 0.3) is 0 Å². The van der Waals surface area contributed by atoms with Crippen LogP contribution < -0.4 is 9.62 Å². The molecule has 224 valence electrons. The molecule has 1 atom stereocenters. The Labute approximate surface area is 258 Å². The van der Waals surface area contributed by atoms with Gasteiger partial charge in [0.15, 0.2) is 0 Å². The SMILES string of the molecule is CC[C@@H](C(=O)NC1CCCCC1)N(Cc1c(Cl)cccc1Cl)C(=O)CN(c1ccccc1C)S(=O)(=O)c1ccccc1. The van der Waals surface area contributed by atoms with Crippen molar-refractivity contribution in [2.45, 2.75) is 75.9 Å². The summed E-state index contributed by atoms with van der Waals surface area (Å²) < 4.78 is 29.1. The number of amides is 2. The average Bonchev–Trinajstić information content (AvgIpc) is 2.98. The number of sulfonamides is 1. The molecule has 0 unspecified atom stereocenters. The zero-order chi connectivity index (χ0) is 30.3. The molecule has 0 heterocycles. The monoisotopic (exact) mass is 629 g/mol. The number of nitrogens with zero attached hydrogens (tertiary/aromatic N) is 2. The third kappa shape index (κ3) is 7.46. The Hall–Kier alpha value is -3.07. The molecule has 0 radical (unpaired) electrons. The van der Waals surface area contributed by atoms with Gasteiger partial charge in [-0.05, 0) is 62.1 Å². The highest BCUT2D eigenvalue weighted by atomic mass is 35.5. The molecule has 1 saturated carbocycles. The zero-order valence-electron chi connectivity index (χ0n) is 23.9. The van der Waals surface area contributed by atoms with Gasteiger partial charge in [0.25, 0.3) is 10.0 Å². The van der Waals surface area contributed by atoms with Gasteiger partial charge in [-0.1, -0.05) is 91.9 Å². The molecule has 0 bridgehead atoms. The highest BCUT2D eigenvalue weighted by molar-refractivity contribution is 7.92. The second kappa shape index (κ2) is 14.4. The molecule has 7 nitrogen and oxygen atoms in total. The van der Waals surface area contributed by atoms with Crippen LogP contribution in [0.5, 0.6) is 0 Å². The van der Waals surface area contributed by atoms with Gasteiger partial charge >= 0.3 is 0 Å². The van der Waals surface area contributed by atoms with Gasteiger partial charge in [0, 0.05) is 28.2 Å². The summed E-state index contributed by atoms with van der Waals surface area (Å²) >= 11 is 13.0. The van der Waals surface area contributed by atoms with Crippen LogP contribution in [0, 0.1) is 6.92 Å². The predicted molar refractivity (Wildman–Crippen MR) is 168 cm³/mol. The van der Waals surface area contributed by atoms with Crippen LogP contribution in [-0.2, 0) is 26.2 Å². The molecule has 4 rings (SSSR count). The summed E-state index contributed by atoms with van der Waals surface area (Å²) in [4.78, 5) is 29.4. The maximum atomic E-state index is 14.3. The van der Waals surface area contributed by atoms with Crippen molar-refractivity contribution < 1.29 is 18.0 Å². The minimum absolute atomic E-state index is 0.0445. The Bertz CT molecular complexity index is 1470. The van der Waals surface area contributed by atoms with Crippen LogP contribution in [0.15, 0.2) is 77.7 Å². The first-order valence-corrected chi connectivity index (χ1v) is 16.5. The number of aryl methyl sites for hydroxylation is 1. The minimum Gasteiger partial charge on any atom is -0.352 e.